The maximum Gasteiger partial charge on any atom is 0.335 e. The van der Waals surface area contributed by atoms with E-state index in [1.54, 1.807) is 30.3 Å². The van der Waals surface area contributed by atoms with Crippen LogP contribution in [0.5, 0.6) is 0 Å². The predicted octanol–water partition coefficient (Wildman–Crippen LogP) is 1.47. The van der Waals surface area contributed by atoms with Gasteiger partial charge in [-0.1, -0.05) is 42.5 Å². The number of carbonyl (C=O) groups excluding carboxylic acids is 2. The fourth-order valence-corrected chi connectivity index (χ4v) is 2.58. The third-order valence-electron chi connectivity index (χ3n) is 3.64. The van der Waals surface area contributed by atoms with Crippen molar-refractivity contribution in [3.63, 3.8) is 0 Å². The van der Waals surface area contributed by atoms with Crippen LogP contribution < -0.4 is 10.6 Å². The Bertz CT molecular complexity index is 755. The molecule has 0 radical (unpaired) electrons. The maximum absolute atomic E-state index is 12.4. The number of urea groups is 1. The van der Waals surface area contributed by atoms with E-state index < -0.39 is 23.4 Å². The zero-order valence-corrected chi connectivity index (χ0v) is 11.4. The van der Waals surface area contributed by atoms with Crippen molar-refractivity contribution < 1.29 is 19.5 Å². The molecule has 2 aromatic rings. The molecule has 6 nitrogen and oxygen atoms in total. The zero-order chi connectivity index (χ0) is 15.7. The molecule has 1 atom stereocenters. The van der Waals surface area contributed by atoms with E-state index in [4.69, 9.17) is 5.11 Å². The zero-order valence-electron chi connectivity index (χ0n) is 11.4. The van der Waals surface area contributed by atoms with Gasteiger partial charge in [0, 0.05) is 0 Å². The number of benzene rings is 2. The van der Waals surface area contributed by atoms with Gasteiger partial charge in [0.05, 0.1) is 5.56 Å². The first-order chi connectivity index (χ1) is 10.5. The summed E-state index contributed by atoms with van der Waals surface area (Å²) in [6.07, 6.45) is 0. The van der Waals surface area contributed by atoms with Gasteiger partial charge in [-0.05, 0) is 23.3 Å². The second-order valence-electron chi connectivity index (χ2n) is 4.91. The van der Waals surface area contributed by atoms with Gasteiger partial charge in [0.15, 0.2) is 5.54 Å². The summed E-state index contributed by atoms with van der Waals surface area (Å²) < 4.78 is 0. The number of imide groups is 1. The number of aromatic carboxylic acids is 1. The molecule has 0 saturated carbocycles. The number of hydrogen-bond donors (Lipinski definition) is 3. The van der Waals surface area contributed by atoms with Crippen molar-refractivity contribution in [2.24, 2.45) is 0 Å². The molecule has 1 unspecified atom stereocenters. The molecule has 1 aliphatic rings. The molecule has 6 heteroatoms. The summed E-state index contributed by atoms with van der Waals surface area (Å²) in [6, 6.07) is 14.1. The van der Waals surface area contributed by atoms with Crippen molar-refractivity contribution in [2.75, 3.05) is 0 Å². The van der Waals surface area contributed by atoms with Crippen LogP contribution in [0.25, 0.3) is 0 Å². The minimum Gasteiger partial charge on any atom is -0.478 e. The molecule has 0 spiro atoms. The van der Waals surface area contributed by atoms with Crippen molar-refractivity contribution in [3.8, 4) is 0 Å². The molecular weight excluding hydrogens is 284 g/mol. The second kappa shape index (κ2) is 5.00. The number of rotatable bonds is 3. The van der Waals surface area contributed by atoms with E-state index in [-0.39, 0.29) is 5.56 Å². The first kappa shape index (κ1) is 13.8. The highest BCUT2D eigenvalue weighted by molar-refractivity contribution is 6.09. The third-order valence-corrected chi connectivity index (χ3v) is 3.64. The van der Waals surface area contributed by atoms with E-state index in [2.05, 4.69) is 10.6 Å². The molecule has 0 aliphatic carbocycles. The van der Waals surface area contributed by atoms with Crippen LogP contribution in [0.2, 0.25) is 0 Å². The van der Waals surface area contributed by atoms with Crippen molar-refractivity contribution in [2.45, 2.75) is 5.54 Å². The van der Waals surface area contributed by atoms with E-state index in [0.717, 1.165) is 0 Å². The third kappa shape index (κ3) is 2.01. The molecule has 3 rings (SSSR count). The minimum atomic E-state index is -1.35. The second-order valence-corrected chi connectivity index (χ2v) is 4.91. The molecule has 0 aromatic heterocycles. The van der Waals surface area contributed by atoms with Crippen LogP contribution in [0.1, 0.15) is 21.5 Å². The number of carbonyl (C=O) groups is 3. The quantitative estimate of drug-likeness (QED) is 0.747. The van der Waals surface area contributed by atoms with Crippen molar-refractivity contribution in [1.82, 2.24) is 10.6 Å². The highest BCUT2D eigenvalue weighted by atomic mass is 16.4. The maximum atomic E-state index is 12.4. The Morgan fingerprint density at radius 3 is 2.00 bits per heavy atom. The number of carboxylic acid groups (broad SMARTS) is 1. The molecule has 3 N–H and O–H groups in total. The van der Waals surface area contributed by atoms with Gasteiger partial charge < -0.3 is 10.4 Å². The highest BCUT2D eigenvalue weighted by Gasteiger charge is 2.49. The Labute approximate surface area is 125 Å². The van der Waals surface area contributed by atoms with Gasteiger partial charge in [-0.2, -0.15) is 0 Å². The summed E-state index contributed by atoms with van der Waals surface area (Å²) in [5.74, 6) is -1.55. The molecule has 1 saturated heterocycles. The lowest BCUT2D eigenvalue weighted by atomic mass is 9.82. The molecule has 1 aliphatic heterocycles. The summed E-state index contributed by atoms with van der Waals surface area (Å²) in [6.45, 7) is 0. The Hall–Kier alpha value is -3.15. The summed E-state index contributed by atoms with van der Waals surface area (Å²) >= 11 is 0. The Morgan fingerprint density at radius 1 is 0.909 bits per heavy atom. The Kier molecular flexibility index (Phi) is 3.14. The van der Waals surface area contributed by atoms with E-state index in [1.807, 2.05) is 0 Å². The van der Waals surface area contributed by atoms with E-state index in [0.29, 0.717) is 11.1 Å². The van der Waals surface area contributed by atoms with Gasteiger partial charge in [-0.15, -0.1) is 0 Å². The van der Waals surface area contributed by atoms with Crippen LogP contribution in [0, 0.1) is 0 Å². The molecule has 2 aromatic carbocycles. The van der Waals surface area contributed by atoms with Crippen LogP contribution in [-0.4, -0.2) is 23.0 Å². The first-order valence-electron chi connectivity index (χ1n) is 6.57. The number of amides is 3. The lowest BCUT2D eigenvalue weighted by molar-refractivity contribution is -0.122. The molecule has 110 valence electrons. The molecule has 1 fully saturated rings. The van der Waals surface area contributed by atoms with Crippen molar-refractivity contribution in [1.29, 1.82) is 0 Å². The topological polar surface area (TPSA) is 95.5 Å². The average Bonchev–Trinajstić information content (AvgIpc) is 2.84. The van der Waals surface area contributed by atoms with Gasteiger partial charge in [0.1, 0.15) is 0 Å². The molecule has 0 bridgehead atoms. The monoisotopic (exact) mass is 296 g/mol. The molecule has 3 amide bonds. The van der Waals surface area contributed by atoms with Crippen LogP contribution >= 0.6 is 0 Å². The minimum absolute atomic E-state index is 0.108. The Balaban J connectivity index is 2.17. The van der Waals surface area contributed by atoms with Crippen LogP contribution in [0.4, 0.5) is 4.79 Å². The number of carboxylic acids is 1. The number of hydrogen-bond acceptors (Lipinski definition) is 3. The average molecular weight is 296 g/mol. The number of nitrogens with one attached hydrogen (secondary N) is 2. The lowest BCUT2D eigenvalue weighted by Crippen LogP contribution is -2.44. The molecular formula is C16H12N2O4. The fourth-order valence-electron chi connectivity index (χ4n) is 2.58. The summed E-state index contributed by atoms with van der Waals surface area (Å²) in [5, 5.41) is 13.9. The van der Waals surface area contributed by atoms with Gasteiger partial charge in [-0.3, -0.25) is 10.1 Å². The smallest absolute Gasteiger partial charge is 0.335 e. The summed E-state index contributed by atoms with van der Waals surface area (Å²) in [5.41, 5.74) is -0.153. The van der Waals surface area contributed by atoms with Gasteiger partial charge in [-0.25, -0.2) is 9.59 Å². The van der Waals surface area contributed by atoms with Gasteiger partial charge >= 0.3 is 12.0 Å². The van der Waals surface area contributed by atoms with Gasteiger partial charge in [0.25, 0.3) is 5.91 Å². The summed E-state index contributed by atoms with van der Waals surface area (Å²) in [4.78, 5) is 35.0. The molecule has 22 heavy (non-hydrogen) atoms. The highest BCUT2D eigenvalue weighted by Crippen LogP contribution is 2.32. The van der Waals surface area contributed by atoms with E-state index in [1.165, 1.54) is 24.3 Å². The fraction of sp³-hybridized carbons (Fsp3) is 0.0625. The standard InChI is InChI=1S/C16H12N2O4/c19-13(20)10-6-8-12(9-7-10)16(11-4-2-1-3-5-11)14(21)17-15(22)18-16/h1-9H,(H,19,20)(H2,17,18,21,22). The normalized spacial score (nSPS) is 20.4. The molecule has 1 heterocycles. The van der Waals surface area contributed by atoms with Gasteiger partial charge in [0.2, 0.25) is 0 Å². The largest absolute Gasteiger partial charge is 0.478 e. The predicted molar refractivity (Wildman–Crippen MR) is 77.3 cm³/mol. The first-order valence-corrected chi connectivity index (χ1v) is 6.57. The van der Waals surface area contributed by atoms with Crippen LogP contribution in [0.15, 0.2) is 54.6 Å². The van der Waals surface area contributed by atoms with Crippen molar-refractivity contribution >= 4 is 17.9 Å². The van der Waals surface area contributed by atoms with E-state index in [9.17, 15) is 14.4 Å². The lowest BCUT2D eigenvalue weighted by Gasteiger charge is -2.27. The SMILES string of the molecule is O=C1NC(=O)C(c2ccccc2)(c2ccc(C(=O)O)cc2)N1. The van der Waals surface area contributed by atoms with E-state index >= 15 is 0 Å². The van der Waals surface area contributed by atoms with Crippen LogP contribution in [0.3, 0.4) is 0 Å². The Morgan fingerprint density at radius 2 is 1.50 bits per heavy atom. The van der Waals surface area contributed by atoms with Crippen LogP contribution in [-0.2, 0) is 10.3 Å². The summed E-state index contributed by atoms with van der Waals surface area (Å²) in [7, 11) is 0. The van der Waals surface area contributed by atoms with Crippen molar-refractivity contribution in [3.05, 3.63) is 71.3 Å².